The monoisotopic (exact) mass is 186 g/mol. The quantitative estimate of drug-likeness (QED) is 0.557. The van der Waals surface area contributed by atoms with Crippen LogP contribution >= 0.6 is 0 Å². The summed E-state index contributed by atoms with van der Waals surface area (Å²) in [4.78, 5) is 11.0. The van der Waals surface area contributed by atoms with Gasteiger partial charge in [0.1, 0.15) is 6.10 Å². The summed E-state index contributed by atoms with van der Waals surface area (Å²) in [5.74, 6) is -0.148. The predicted octanol–water partition coefficient (Wildman–Crippen LogP) is -1.38. The van der Waals surface area contributed by atoms with E-state index in [4.69, 9.17) is 15.2 Å². The molecular weight excluding hydrogens is 172 g/mol. The highest BCUT2D eigenvalue weighted by Crippen LogP contribution is 2.26. The van der Waals surface area contributed by atoms with Crippen LogP contribution in [0.15, 0.2) is 0 Å². The van der Waals surface area contributed by atoms with Crippen molar-refractivity contribution >= 4 is 5.91 Å². The highest BCUT2D eigenvalue weighted by Gasteiger charge is 2.42. The molecule has 0 bridgehead atoms. The van der Waals surface area contributed by atoms with Gasteiger partial charge >= 0.3 is 0 Å². The molecule has 2 aliphatic heterocycles. The van der Waals surface area contributed by atoms with E-state index in [2.05, 4.69) is 5.32 Å². The highest BCUT2D eigenvalue weighted by atomic mass is 16.6. The first-order valence-electron chi connectivity index (χ1n) is 4.54. The molecule has 0 aromatic carbocycles. The van der Waals surface area contributed by atoms with Crippen LogP contribution in [-0.4, -0.2) is 43.9 Å². The van der Waals surface area contributed by atoms with Gasteiger partial charge in [0.2, 0.25) is 5.91 Å². The van der Waals surface area contributed by atoms with E-state index in [1.165, 1.54) is 0 Å². The van der Waals surface area contributed by atoms with Crippen molar-refractivity contribution in [2.75, 3.05) is 19.8 Å². The molecule has 2 heterocycles. The molecule has 2 fully saturated rings. The Balaban J connectivity index is 1.90. The molecule has 5 nitrogen and oxygen atoms in total. The number of amides is 1. The van der Waals surface area contributed by atoms with E-state index >= 15 is 0 Å². The number of carbonyl (C=O) groups is 1. The van der Waals surface area contributed by atoms with Crippen LogP contribution in [-0.2, 0) is 14.3 Å². The Hall–Kier alpha value is -0.650. The second-order valence-corrected chi connectivity index (χ2v) is 3.37. The molecule has 5 heteroatoms. The molecule has 74 valence electrons. The van der Waals surface area contributed by atoms with E-state index in [-0.39, 0.29) is 30.7 Å². The molecule has 2 aliphatic rings. The average molecular weight is 186 g/mol. The SMILES string of the molecule is NCC(=O)NC1COC2CCOC12. The Labute approximate surface area is 76.6 Å². The van der Waals surface area contributed by atoms with Crippen LogP contribution in [0.2, 0.25) is 0 Å². The van der Waals surface area contributed by atoms with Crippen molar-refractivity contribution in [2.45, 2.75) is 24.7 Å². The fraction of sp³-hybridized carbons (Fsp3) is 0.875. The second kappa shape index (κ2) is 3.61. The van der Waals surface area contributed by atoms with Crippen molar-refractivity contribution in [2.24, 2.45) is 5.73 Å². The van der Waals surface area contributed by atoms with E-state index in [9.17, 15) is 4.79 Å². The minimum Gasteiger partial charge on any atom is -0.373 e. The Morgan fingerprint density at radius 2 is 2.38 bits per heavy atom. The number of carbonyl (C=O) groups excluding carboxylic acids is 1. The Bertz CT molecular complexity index is 210. The number of hydrogen-bond acceptors (Lipinski definition) is 4. The number of ether oxygens (including phenoxy) is 2. The number of rotatable bonds is 2. The first-order valence-corrected chi connectivity index (χ1v) is 4.54. The maximum absolute atomic E-state index is 11.0. The summed E-state index contributed by atoms with van der Waals surface area (Å²) in [7, 11) is 0. The van der Waals surface area contributed by atoms with Gasteiger partial charge in [0.15, 0.2) is 0 Å². The molecule has 0 radical (unpaired) electrons. The van der Waals surface area contributed by atoms with Crippen molar-refractivity contribution in [1.82, 2.24) is 5.32 Å². The third kappa shape index (κ3) is 1.67. The van der Waals surface area contributed by atoms with Crippen molar-refractivity contribution in [3.05, 3.63) is 0 Å². The van der Waals surface area contributed by atoms with Crippen LogP contribution in [0, 0.1) is 0 Å². The zero-order chi connectivity index (χ0) is 9.26. The summed E-state index contributed by atoms with van der Waals surface area (Å²) in [6, 6.07) is -0.0106. The van der Waals surface area contributed by atoms with E-state index in [1.54, 1.807) is 0 Å². The van der Waals surface area contributed by atoms with Gasteiger partial charge in [-0.05, 0) is 6.42 Å². The third-order valence-corrected chi connectivity index (χ3v) is 2.50. The van der Waals surface area contributed by atoms with Gasteiger partial charge in [-0.1, -0.05) is 0 Å². The molecule has 0 spiro atoms. The van der Waals surface area contributed by atoms with Gasteiger partial charge < -0.3 is 20.5 Å². The maximum Gasteiger partial charge on any atom is 0.234 e. The number of nitrogens with two attached hydrogens (primary N) is 1. The number of fused-ring (bicyclic) bond motifs is 1. The second-order valence-electron chi connectivity index (χ2n) is 3.37. The van der Waals surface area contributed by atoms with E-state index in [0.29, 0.717) is 6.61 Å². The molecule has 2 saturated heterocycles. The van der Waals surface area contributed by atoms with Gasteiger partial charge in [-0.2, -0.15) is 0 Å². The summed E-state index contributed by atoms with van der Waals surface area (Å²) in [6.07, 6.45) is 1.14. The standard InChI is InChI=1S/C8H14N2O3/c9-3-7(11)10-5-4-13-6-1-2-12-8(5)6/h5-6,8H,1-4,9H2,(H,10,11). The van der Waals surface area contributed by atoms with E-state index in [1.807, 2.05) is 0 Å². The first-order chi connectivity index (χ1) is 6.31. The lowest BCUT2D eigenvalue weighted by molar-refractivity contribution is -0.121. The number of nitrogens with one attached hydrogen (secondary N) is 1. The zero-order valence-electron chi connectivity index (χ0n) is 7.36. The Morgan fingerprint density at radius 1 is 1.54 bits per heavy atom. The van der Waals surface area contributed by atoms with E-state index < -0.39 is 0 Å². The van der Waals surface area contributed by atoms with Crippen molar-refractivity contribution in [3.63, 3.8) is 0 Å². The van der Waals surface area contributed by atoms with Crippen molar-refractivity contribution in [3.8, 4) is 0 Å². The fourth-order valence-corrected chi connectivity index (χ4v) is 1.86. The van der Waals surface area contributed by atoms with E-state index in [0.717, 1.165) is 13.0 Å². The molecular formula is C8H14N2O3. The lowest BCUT2D eigenvalue weighted by Crippen LogP contribution is -2.45. The molecule has 0 aromatic heterocycles. The Kier molecular flexibility index (Phi) is 2.48. The molecule has 0 aliphatic carbocycles. The van der Waals surface area contributed by atoms with Crippen LogP contribution in [0.25, 0.3) is 0 Å². The molecule has 2 rings (SSSR count). The summed E-state index contributed by atoms with van der Waals surface area (Å²) in [6.45, 7) is 1.29. The maximum atomic E-state index is 11.0. The van der Waals surface area contributed by atoms with Crippen LogP contribution in [0.3, 0.4) is 0 Å². The van der Waals surface area contributed by atoms with Gasteiger partial charge in [-0.25, -0.2) is 0 Å². The van der Waals surface area contributed by atoms with Crippen LogP contribution < -0.4 is 11.1 Å². The highest BCUT2D eigenvalue weighted by molar-refractivity contribution is 5.78. The van der Waals surface area contributed by atoms with Gasteiger partial charge in [-0.15, -0.1) is 0 Å². The van der Waals surface area contributed by atoms with Crippen molar-refractivity contribution < 1.29 is 14.3 Å². The zero-order valence-corrected chi connectivity index (χ0v) is 7.36. The van der Waals surface area contributed by atoms with Crippen molar-refractivity contribution in [1.29, 1.82) is 0 Å². The van der Waals surface area contributed by atoms with Crippen LogP contribution in [0.5, 0.6) is 0 Å². The largest absolute Gasteiger partial charge is 0.373 e. The van der Waals surface area contributed by atoms with Crippen LogP contribution in [0.4, 0.5) is 0 Å². The third-order valence-electron chi connectivity index (χ3n) is 2.50. The summed E-state index contributed by atoms with van der Waals surface area (Å²) < 4.78 is 10.9. The lowest BCUT2D eigenvalue weighted by Gasteiger charge is -2.16. The first kappa shape index (κ1) is 8.93. The normalized spacial score (nSPS) is 37.5. The molecule has 13 heavy (non-hydrogen) atoms. The number of hydrogen-bond donors (Lipinski definition) is 2. The summed E-state index contributed by atoms with van der Waals surface area (Å²) >= 11 is 0. The lowest BCUT2D eigenvalue weighted by atomic mass is 10.1. The average Bonchev–Trinajstić information content (AvgIpc) is 2.69. The molecule has 3 atom stereocenters. The minimum atomic E-state index is -0.148. The molecule has 3 unspecified atom stereocenters. The van der Waals surface area contributed by atoms with Gasteiger partial charge in [0.05, 0.1) is 25.3 Å². The van der Waals surface area contributed by atoms with Crippen LogP contribution in [0.1, 0.15) is 6.42 Å². The topological polar surface area (TPSA) is 73.6 Å². The Morgan fingerprint density at radius 3 is 3.15 bits per heavy atom. The smallest absolute Gasteiger partial charge is 0.234 e. The molecule has 0 aromatic rings. The summed E-state index contributed by atoms with van der Waals surface area (Å²) in [5.41, 5.74) is 5.19. The van der Waals surface area contributed by atoms with Gasteiger partial charge in [0, 0.05) is 6.61 Å². The fourth-order valence-electron chi connectivity index (χ4n) is 1.86. The van der Waals surface area contributed by atoms with Gasteiger partial charge in [0.25, 0.3) is 0 Å². The predicted molar refractivity (Wildman–Crippen MR) is 45.1 cm³/mol. The molecule has 3 N–H and O–H groups in total. The molecule has 1 amide bonds. The minimum absolute atomic E-state index is 0.0106. The molecule has 0 saturated carbocycles. The van der Waals surface area contributed by atoms with Gasteiger partial charge in [-0.3, -0.25) is 4.79 Å². The summed E-state index contributed by atoms with van der Waals surface area (Å²) in [5, 5.41) is 2.79.